The van der Waals surface area contributed by atoms with Gasteiger partial charge in [-0.1, -0.05) is 24.3 Å². The van der Waals surface area contributed by atoms with Crippen molar-refractivity contribution in [3.05, 3.63) is 65.5 Å². The van der Waals surface area contributed by atoms with Crippen LogP contribution in [0.4, 0.5) is 4.39 Å². The van der Waals surface area contributed by atoms with Gasteiger partial charge in [0.2, 0.25) is 5.91 Å². The molecule has 0 aliphatic rings. The molecule has 0 fully saturated rings. The van der Waals surface area contributed by atoms with Gasteiger partial charge in [0.25, 0.3) is 0 Å². The molecule has 0 aliphatic heterocycles. The van der Waals surface area contributed by atoms with E-state index < -0.39 is 0 Å². The van der Waals surface area contributed by atoms with Gasteiger partial charge in [0, 0.05) is 10.9 Å². The second-order valence-electron chi connectivity index (χ2n) is 5.14. The van der Waals surface area contributed by atoms with Crippen molar-refractivity contribution in [3.63, 3.8) is 0 Å². The van der Waals surface area contributed by atoms with Crippen LogP contribution in [0.5, 0.6) is 0 Å². The largest absolute Gasteiger partial charge is 0.353 e. The lowest BCUT2D eigenvalue weighted by atomic mass is 10.1. The van der Waals surface area contributed by atoms with E-state index >= 15 is 0 Å². The maximum atomic E-state index is 12.8. The maximum absolute atomic E-state index is 12.8. The van der Waals surface area contributed by atoms with Crippen LogP contribution in [0.25, 0.3) is 0 Å². The minimum atomic E-state index is -0.247. The molecule has 2 nitrogen and oxygen atoms in total. The molecule has 0 aromatic heterocycles. The predicted octanol–water partition coefficient (Wildman–Crippen LogP) is 3.40. The smallest absolute Gasteiger partial charge is 0.224 e. The summed E-state index contributed by atoms with van der Waals surface area (Å²) >= 11 is 4.21. The molecule has 4 heteroatoms. The fraction of sp³-hybridized carbons (Fsp3) is 0.235. The topological polar surface area (TPSA) is 29.1 Å². The molecule has 0 aliphatic carbocycles. The molecule has 1 unspecified atom stereocenters. The highest BCUT2D eigenvalue weighted by Gasteiger charge is 2.09. The summed E-state index contributed by atoms with van der Waals surface area (Å²) < 4.78 is 12.8. The van der Waals surface area contributed by atoms with Gasteiger partial charge >= 0.3 is 0 Å². The molecule has 2 aromatic rings. The van der Waals surface area contributed by atoms with Crippen molar-refractivity contribution in [2.24, 2.45) is 0 Å². The Balaban J connectivity index is 1.84. The second kappa shape index (κ2) is 7.27. The van der Waals surface area contributed by atoms with Gasteiger partial charge < -0.3 is 5.32 Å². The van der Waals surface area contributed by atoms with E-state index in [1.54, 1.807) is 12.1 Å². The van der Waals surface area contributed by atoms with Crippen LogP contribution in [-0.4, -0.2) is 11.9 Å². The van der Waals surface area contributed by atoms with Crippen LogP contribution in [0.1, 0.15) is 18.1 Å². The summed E-state index contributed by atoms with van der Waals surface area (Å²) in [5.74, 6) is -0.264. The molecule has 0 radical (unpaired) electrons. The number of hydrogen-bond acceptors (Lipinski definition) is 2. The molecular weight excluding hydrogens is 285 g/mol. The molecule has 110 valence electrons. The summed E-state index contributed by atoms with van der Waals surface area (Å²) in [6, 6.07) is 13.9. The minimum Gasteiger partial charge on any atom is -0.353 e. The summed E-state index contributed by atoms with van der Waals surface area (Å²) in [5, 5.41) is 2.95. The van der Waals surface area contributed by atoms with E-state index in [-0.39, 0.29) is 17.8 Å². The van der Waals surface area contributed by atoms with Crippen LogP contribution in [0.2, 0.25) is 0 Å². The quantitative estimate of drug-likeness (QED) is 0.814. The number of hydrogen-bond donors (Lipinski definition) is 2. The van der Waals surface area contributed by atoms with Gasteiger partial charge in [-0.15, -0.1) is 12.6 Å². The average molecular weight is 303 g/mol. The van der Waals surface area contributed by atoms with Gasteiger partial charge in [-0.05, 0) is 48.7 Å². The fourth-order valence-electron chi connectivity index (χ4n) is 2.15. The third-order valence-electron chi connectivity index (χ3n) is 3.16. The van der Waals surface area contributed by atoms with Crippen LogP contribution >= 0.6 is 12.6 Å². The molecule has 0 bridgehead atoms. The number of benzene rings is 2. The molecule has 0 saturated heterocycles. The Hall–Kier alpha value is -1.81. The number of carbonyl (C=O) groups is 1. The third kappa shape index (κ3) is 5.23. The van der Waals surface area contributed by atoms with Crippen molar-refractivity contribution in [2.45, 2.75) is 30.7 Å². The number of carbonyl (C=O) groups excluding carboxylic acids is 1. The highest BCUT2D eigenvalue weighted by Crippen LogP contribution is 2.09. The van der Waals surface area contributed by atoms with Crippen molar-refractivity contribution in [1.82, 2.24) is 5.32 Å². The zero-order valence-corrected chi connectivity index (χ0v) is 12.7. The van der Waals surface area contributed by atoms with Gasteiger partial charge in [-0.3, -0.25) is 4.79 Å². The highest BCUT2D eigenvalue weighted by atomic mass is 32.1. The summed E-state index contributed by atoms with van der Waals surface area (Å²) in [4.78, 5) is 12.8. The Morgan fingerprint density at radius 1 is 1.10 bits per heavy atom. The molecule has 1 atom stereocenters. The maximum Gasteiger partial charge on any atom is 0.224 e. The summed E-state index contributed by atoms with van der Waals surface area (Å²) in [6.45, 7) is 1.94. The van der Waals surface area contributed by atoms with Crippen molar-refractivity contribution in [1.29, 1.82) is 0 Å². The molecule has 0 spiro atoms. The van der Waals surface area contributed by atoms with Gasteiger partial charge in [0.1, 0.15) is 5.82 Å². The van der Waals surface area contributed by atoms with E-state index in [1.807, 2.05) is 31.2 Å². The molecule has 0 heterocycles. The van der Waals surface area contributed by atoms with Gasteiger partial charge in [-0.25, -0.2) is 4.39 Å². The van der Waals surface area contributed by atoms with Crippen LogP contribution in [0.3, 0.4) is 0 Å². The SMILES string of the molecule is CC(Cc1ccc(F)cc1)NC(=O)Cc1ccc(S)cc1. The van der Waals surface area contributed by atoms with Gasteiger partial charge in [-0.2, -0.15) is 0 Å². The number of nitrogens with one attached hydrogen (secondary N) is 1. The first kappa shape index (κ1) is 15.6. The molecule has 21 heavy (non-hydrogen) atoms. The average Bonchev–Trinajstić information content (AvgIpc) is 2.44. The first-order chi connectivity index (χ1) is 10.0. The van der Waals surface area contributed by atoms with E-state index in [1.165, 1.54) is 12.1 Å². The minimum absolute atomic E-state index is 0.00659. The van der Waals surface area contributed by atoms with E-state index in [4.69, 9.17) is 0 Å². The number of amides is 1. The summed E-state index contributed by atoms with van der Waals surface area (Å²) in [5.41, 5.74) is 1.96. The number of thiol groups is 1. The van der Waals surface area contributed by atoms with Crippen molar-refractivity contribution < 1.29 is 9.18 Å². The molecule has 2 rings (SSSR count). The standard InChI is InChI=1S/C17H18FNOS/c1-12(10-13-2-6-15(18)7-3-13)19-17(20)11-14-4-8-16(21)9-5-14/h2-9,12,21H,10-11H2,1H3,(H,19,20). The first-order valence-electron chi connectivity index (χ1n) is 6.84. The van der Waals surface area contributed by atoms with Gasteiger partial charge in [0.15, 0.2) is 0 Å². The number of halogens is 1. The van der Waals surface area contributed by atoms with E-state index in [9.17, 15) is 9.18 Å². The third-order valence-corrected chi connectivity index (χ3v) is 3.46. The summed E-state index contributed by atoms with van der Waals surface area (Å²) in [6.07, 6.45) is 1.03. The first-order valence-corrected chi connectivity index (χ1v) is 7.29. The molecule has 0 saturated carbocycles. The van der Waals surface area contributed by atoms with Crippen LogP contribution < -0.4 is 5.32 Å². The van der Waals surface area contributed by atoms with Crippen LogP contribution in [0.15, 0.2) is 53.4 Å². The lowest BCUT2D eigenvalue weighted by Gasteiger charge is -2.14. The van der Waals surface area contributed by atoms with E-state index in [0.717, 1.165) is 16.0 Å². The predicted molar refractivity (Wildman–Crippen MR) is 85.1 cm³/mol. The van der Waals surface area contributed by atoms with Crippen LogP contribution in [0, 0.1) is 5.82 Å². The Morgan fingerprint density at radius 2 is 1.67 bits per heavy atom. The molecular formula is C17H18FNOS. The van der Waals surface area contributed by atoms with Gasteiger partial charge in [0.05, 0.1) is 6.42 Å². The Bertz CT molecular complexity index is 595. The normalized spacial score (nSPS) is 12.0. The lowest BCUT2D eigenvalue weighted by Crippen LogP contribution is -2.35. The van der Waals surface area contributed by atoms with Crippen molar-refractivity contribution >= 4 is 18.5 Å². The van der Waals surface area contributed by atoms with Crippen molar-refractivity contribution in [3.8, 4) is 0 Å². The van der Waals surface area contributed by atoms with E-state index in [2.05, 4.69) is 17.9 Å². The number of rotatable bonds is 5. The molecule has 2 aromatic carbocycles. The lowest BCUT2D eigenvalue weighted by molar-refractivity contribution is -0.121. The highest BCUT2D eigenvalue weighted by molar-refractivity contribution is 7.80. The monoisotopic (exact) mass is 303 g/mol. The zero-order valence-electron chi connectivity index (χ0n) is 11.8. The Morgan fingerprint density at radius 3 is 2.29 bits per heavy atom. The van der Waals surface area contributed by atoms with Crippen molar-refractivity contribution in [2.75, 3.05) is 0 Å². The van der Waals surface area contributed by atoms with Crippen LogP contribution in [-0.2, 0) is 17.6 Å². The Kier molecular flexibility index (Phi) is 5.39. The molecule has 1 N–H and O–H groups in total. The fourth-order valence-corrected chi connectivity index (χ4v) is 2.30. The Labute approximate surface area is 129 Å². The zero-order chi connectivity index (χ0) is 15.2. The summed E-state index contributed by atoms with van der Waals surface area (Å²) in [7, 11) is 0. The second-order valence-corrected chi connectivity index (χ2v) is 5.66. The molecule has 1 amide bonds. The van der Waals surface area contributed by atoms with E-state index in [0.29, 0.717) is 12.8 Å².